The Kier molecular flexibility index (Phi) is 3.38. The molecule has 0 amide bonds. The van der Waals surface area contributed by atoms with Gasteiger partial charge in [-0.1, -0.05) is 17.3 Å². The molecule has 2 aromatic rings. The van der Waals surface area contributed by atoms with E-state index in [9.17, 15) is 14.3 Å². The largest absolute Gasteiger partial charge is 0.465 e. The number of carbonyl (C=O) groups excluding carboxylic acids is 1. The van der Waals surface area contributed by atoms with Crippen LogP contribution in [0.25, 0.3) is 0 Å². The van der Waals surface area contributed by atoms with Crippen molar-refractivity contribution in [3.8, 4) is 0 Å². The first kappa shape index (κ1) is 12.3. The summed E-state index contributed by atoms with van der Waals surface area (Å²) in [6.07, 6.45) is -0.0908. The Bertz CT molecular complexity index is 549. The van der Waals surface area contributed by atoms with Gasteiger partial charge in [-0.3, -0.25) is 0 Å². The molecular weight excluding hydrogens is 241 g/mol. The molecule has 0 fully saturated rings. The number of nitrogens with zero attached hydrogens (tertiary/aromatic N) is 1. The zero-order valence-electron chi connectivity index (χ0n) is 9.46. The van der Waals surface area contributed by atoms with Crippen molar-refractivity contribution in [3.05, 3.63) is 53.2 Å². The molecule has 0 aliphatic heterocycles. The Morgan fingerprint density at radius 1 is 1.44 bits per heavy atom. The number of hydrogen-bond donors (Lipinski definition) is 1. The van der Waals surface area contributed by atoms with Crippen LogP contribution in [0.15, 0.2) is 35.1 Å². The Morgan fingerprint density at radius 2 is 2.11 bits per heavy atom. The fourth-order valence-corrected chi connectivity index (χ4v) is 1.51. The smallest absolute Gasteiger partial charge is 0.343 e. The molecule has 0 saturated heterocycles. The molecule has 0 aliphatic carbocycles. The topological polar surface area (TPSA) is 72.6 Å². The average molecular weight is 251 g/mol. The van der Waals surface area contributed by atoms with Crippen LogP contribution in [-0.4, -0.2) is 23.3 Å². The predicted octanol–water partition coefficient (Wildman–Crippen LogP) is 1.68. The van der Waals surface area contributed by atoms with Crippen LogP contribution in [0.2, 0.25) is 0 Å². The van der Waals surface area contributed by atoms with Crippen molar-refractivity contribution in [3.63, 3.8) is 0 Å². The van der Waals surface area contributed by atoms with Gasteiger partial charge in [-0.25, -0.2) is 9.18 Å². The summed E-state index contributed by atoms with van der Waals surface area (Å²) in [6, 6.07) is 5.21. The molecule has 1 atom stereocenters. The summed E-state index contributed by atoms with van der Waals surface area (Å²) >= 11 is 0. The molecular formula is C12H10FNO4. The van der Waals surface area contributed by atoms with Gasteiger partial charge < -0.3 is 14.4 Å². The van der Waals surface area contributed by atoms with E-state index in [1.54, 1.807) is 0 Å². The second-order valence-corrected chi connectivity index (χ2v) is 3.56. The fraction of sp³-hybridized carbons (Fsp3) is 0.167. The summed E-state index contributed by atoms with van der Waals surface area (Å²) in [5.74, 6) is -1.08. The van der Waals surface area contributed by atoms with E-state index in [1.165, 1.54) is 31.4 Å². The zero-order valence-corrected chi connectivity index (χ0v) is 9.46. The Balaban J connectivity index is 2.34. The third kappa shape index (κ3) is 2.23. The van der Waals surface area contributed by atoms with Crippen LogP contribution in [0.1, 0.15) is 27.7 Å². The van der Waals surface area contributed by atoms with Gasteiger partial charge in [-0.2, -0.15) is 0 Å². The highest BCUT2D eigenvalue weighted by atomic mass is 19.1. The summed E-state index contributed by atoms with van der Waals surface area (Å²) in [5.41, 5.74) is 0.471. The summed E-state index contributed by atoms with van der Waals surface area (Å²) in [4.78, 5) is 11.4. The molecule has 1 aromatic carbocycles. The number of rotatable bonds is 3. The van der Waals surface area contributed by atoms with Crippen molar-refractivity contribution in [2.75, 3.05) is 7.11 Å². The van der Waals surface area contributed by atoms with Crippen LogP contribution in [0.3, 0.4) is 0 Å². The van der Waals surface area contributed by atoms with E-state index in [1.807, 2.05) is 0 Å². The van der Waals surface area contributed by atoms with Gasteiger partial charge in [0.25, 0.3) is 0 Å². The normalized spacial score (nSPS) is 12.2. The summed E-state index contributed by atoms with van der Waals surface area (Å²) < 4.78 is 21.9. The number of esters is 1. The van der Waals surface area contributed by atoms with Crippen molar-refractivity contribution in [1.82, 2.24) is 5.16 Å². The van der Waals surface area contributed by atoms with Crippen molar-refractivity contribution in [1.29, 1.82) is 0 Å². The highest BCUT2D eigenvalue weighted by molar-refractivity contribution is 5.90. The van der Waals surface area contributed by atoms with E-state index in [2.05, 4.69) is 14.4 Å². The molecule has 2 rings (SSSR count). The number of carbonyl (C=O) groups is 1. The molecule has 94 valence electrons. The van der Waals surface area contributed by atoms with Gasteiger partial charge in [0.2, 0.25) is 0 Å². The lowest BCUT2D eigenvalue weighted by Gasteiger charge is -2.08. The second-order valence-electron chi connectivity index (χ2n) is 3.56. The Labute approximate surface area is 102 Å². The first-order valence-electron chi connectivity index (χ1n) is 5.09. The lowest BCUT2D eigenvalue weighted by molar-refractivity contribution is 0.0595. The predicted molar refractivity (Wildman–Crippen MR) is 58.3 cm³/mol. The molecule has 1 heterocycles. The minimum atomic E-state index is -1.18. The zero-order chi connectivity index (χ0) is 13.1. The quantitative estimate of drug-likeness (QED) is 0.840. The molecule has 1 N–H and O–H groups in total. The molecule has 6 heteroatoms. The summed E-state index contributed by atoms with van der Waals surface area (Å²) in [6.45, 7) is 0. The number of ether oxygens (including phenoxy) is 1. The number of benzene rings is 1. The minimum absolute atomic E-state index is 0.0356. The first-order chi connectivity index (χ1) is 8.63. The fourth-order valence-electron chi connectivity index (χ4n) is 1.51. The monoisotopic (exact) mass is 251 g/mol. The van der Waals surface area contributed by atoms with Crippen LogP contribution in [-0.2, 0) is 4.74 Å². The van der Waals surface area contributed by atoms with Crippen molar-refractivity contribution < 1.29 is 23.6 Å². The third-order valence-corrected chi connectivity index (χ3v) is 2.45. The van der Waals surface area contributed by atoms with Gasteiger partial charge in [-0.05, 0) is 17.7 Å². The number of methoxy groups -OCH3 is 1. The average Bonchev–Trinajstić information content (AvgIpc) is 2.87. The number of aromatic nitrogens is 1. The minimum Gasteiger partial charge on any atom is -0.465 e. The van der Waals surface area contributed by atoms with E-state index >= 15 is 0 Å². The van der Waals surface area contributed by atoms with Gasteiger partial charge in [0.1, 0.15) is 29.4 Å². The Hall–Kier alpha value is -2.21. The SMILES string of the molecule is COC(=O)c1conc1[C@H](O)c1ccc(F)cc1. The second kappa shape index (κ2) is 4.97. The Morgan fingerprint density at radius 3 is 2.72 bits per heavy atom. The van der Waals surface area contributed by atoms with Crippen molar-refractivity contribution in [2.24, 2.45) is 0 Å². The van der Waals surface area contributed by atoms with Gasteiger partial charge in [0, 0.05) is 0 Å². The van der Waals surface area contributed by atoms with Crippen LogP contribution >= 0.6 is 0 Å². The molecule has 0 bridgehead atoms. The molecule has 1 aromatic heterocycles. The lowest BCUT2D eigenvalue weighted by atomic mass is 10.0. The van der Waals surface area contributed by atoms with Crippen LogP contribution in [0.4, 0.5) is 4.39 Å². The number of hydrogen-bond acceptors (Lipinski definition) is 5. The van der Waals surface area contributed by atoms with Crippen LogP contribution in [0, 0.1) is 5.82 Å². The molecule has 0 saturated carbocycles. The number of halogens is 1. The molecule has 18 heavy (non-hydrogen) atoms. The third-order valence-electron chi connectivity index (χ3n) is 2.45. The summed E-state index contributed by atoms with van der Waals surface area (Å²) in [5, 5.41) is 13.6. The van der Waals surface area contributed by atoms with E-state index in [0.717, 1.165) is 6.26 Å². The van der Waals surface area contributed by atoms with E-state index in [-0.39, 0.29) is 11.3 Å². The highest BCUT2D eigenvalue weighted by Crippen LogP contribution is 2.24. The van der Waals surface area contributed by atoms with Crippen LogP contribution in [0.5, 0.6) is 0 Å². The maximum Gasteiger partial charge on any atom is 0.343 e. The van der Waals surface area contributed by atoms with Gasteiger partial charge in [0.05, 0.1) is 7.11 Å². The number of aliphatic hydroxyl groups is 1. The maximum atomic E-state index is 12.8. The van der Waals surface area contributed by atoms with E-state index < -0.39 is 17.9 Å². The summed E-state index contributed by atoms with van der Waals surface area (Å²) in [7, 11) is 1.21. The molecule has 0 radical (unpaired) electrons. The van der Waals surface area contributed by atoms with Crippen molar-refractivity contribution >= 4 is 5.97 Å². The molecule has 0 unspecified atom stereocenters. The number of aliphatic hydroxyl groups excluding tert-OH is 1. The van der Waals surface area contributed by atoms with E-state index in [0.29, 0.717) is 5.56 Å². The standard InChI is InChI=1S/C12H10FNO4/c1-17-12(16)9-6-18-14-10(9)11(15)7-2-4-8(13)5-3-7/h2-6,11,15H,1H3/t11-/m1/s1. The van der Waals surface area contributed by atoms with Gasteiger partial charge in [-0.15, -0.1) is 0 Å². The van der Waals surface area contributed by atoms with E-state index in [4.69, 9.17) is 0 Å². The molecule has 0 aliphatic rings. The first-order valence-corrected chi connectivity index (χ1v) is 5.09. The highest BCUT2D eigenvalue weighted by Gasteiger charge is 2.23. The van der Waals surface area contributed by atoms with Crippen molar-refractivity contribution in [2.45, 2.75) is 6.10 Å². The van der Waals surface area contributed by atoms with Crippen LogP contribution < -0.4 is 0 Å². The van der Waals surface area contributed by atoms with Gasteiger partial charge in [0.15, 0.2) is 0 Å². The van der Waals surface area contributed by atoms with Gasteiger partial charge >= 0.3 is 5.97 Å². The molecule has 0 spiro atoms. The lowest BCUT2D eigenvalue weighted by Crippen LogP contribution is -2.08. The molecule has 5 nitrogen and oxygen atoms in total. The maximum absolute atomic E-state index is 12.8.